The van der Waals surface area contributed by atoms with Crippen molar-refractivity contribution in [2.75, 3.05) is 0 Å². The van der Waals surface area contributed by atoms with Crippen LogP contribution >= 0.6 is 0 Å². The van der Waals surface area contributed by atoms with E-state index in [1.807, 2.05) is 30.3 Å². The number of allylic oxidation sites excluding steroid dienone is 2. The minimum absolute atomic E-state index is 0.0278. The Morgan fingerprint density at radius 1 is 1.19 bits per heavy atom. The van der Waals surface area contributed by atoms with E-state index in [0.717, 1.165) is 18.4 Å². The van der Waals surface area contributed by atoms with E-state index in [0.29, 0.717) is 18.4 Å². The van der Waals surface area contributed by atoms with Crippen LogP contribution in [0.4, 0.5) is 0 Å². The van der Waals surface area contributed by atoms with Crippen molar-refractivity contribution in [1.29, 1.82) is 0 Å². The van der Waals surface area contributed by atoms with Crippen molar-refractivity contribution >= 4 is 12.0 Å². The number of aliphatic hydroxyl groups excluding tert-OH is 1. The summed E-state index contributed by atoms with van der Waals surface area (Å²) in [6.07, 6.45) is 4.22. The topological polar surface area (TPSA) is 75.7 Å². The van der Waals surface area contributed by atoms with E-state index in [1.54, 1.807) is 6.21 Å². The first-order valence-electron chi connectivity index (χ1n) is 7.42. The van der Waals surface area contributed by atoms with Crippen molar-refractivity contribution in [1.82, 2.24) is 0 Å². The molecule has 21 heavy (non-hydrogen) atoms. The first-order valence-corrected chi connectivity index (χ1v) is 7.42. The lowest BCUT2D eigenvalue weighted by Gasteiger charge is -2.29. The number of nitrogens with zero attached hydrogens (tertiary/aromatic N) is 1. The molecule has 0 saturated heterocycles. The number of aliphatic hydroxyl groups is 1. The molecular weight excluding hydrogens is 264 g/mol. The van der Waals surface area contributed by atoms with Gasteiger partial charge in [-0.25, -0.2) is 0 Å². The highest BCUT2D eigenvalue weighted by Crippen LogP contribution is 2.33. The van der Waals surface area contributed by atoms with Crippen LogP contribution in [-0.2, 0) is 4.79 Å². The molecule has 0 bridgehead atoms. The number of ketones is 1. The Kier molecular flexibility index (Phi) is 3.88. The zero-order chi connectivity index (χ0) is 14.8. The summed E-state index contributed by atoms with van der Waals surface area (Å²) < 4.78 is 0. The Hall–Kier alpha value is -1.94. The van der Waals surface area contributed by atoms with E-state index >= 15 is 0 Å². The van der Waals surface area contributed by atoms with Gasteiger partial charge in [0, 0.05) is 25.1 Å². The number of benzene rings is 1. The molecule has 110 valence electrons. The quantitative estimate of drug-likeness (QED) is 0.837. The molecule has 0 heterocycles. The molecule has 0 spiro atoms. The Bertz CT molecular complexity index is 586. The zero-order valence-electron chi connectivity index (χ0n) is 11.9. The van der Waals surface area contributed by atoms with E-state index in [-0.39, 0.29) is 29.5 Å². The highest BCUT2D eigenvalue weighted by molar-refractivity contribution is 6.14. The molecule has 1 saturated carbocycles. The number of carbonyl (C=O) groups is 1. The van der Waals surface area contributed by atoms with Gasteiger partial charge in [-0.2, -0.15) is 0 Å². The smallest absolute Gasteiger partial charge is 0.168 e. The van der Waals surface area contributed by atoms with Crippen molar-refractivity contribution in [2.24, 2.45) is 10.7 Å². The van der Waals surface area contributed by atoms with Crippen LogP contribution < -0.4 is 5.73 Å². The fourth-order valence-electron chi connectivity index (χ4n) is 2.95. The summed E-state index contributed by atoms with van der Waals surface area (Å²) in [6.45, 7) is 0. The number of hydrogen-bond donors (Lipinski definition) is 2. The lowest BCUT2D eigenvalue weighted by molar-refractivity contribution is -0.116. The minimum Gasteiger partial charge on any atom is -0.511 e. The molecule has 4 heteroatoms. The maximum absolute atomic E-state index is 12.2. The van der Waals surface area contributed by atoms with Crippen LogP contribution in [0.5, 0.6) is 0 Å². The molecule has 0 aliphatic heterocycles. The van der Waals surface area contributed by atoms with E-state index < -0.39 is 0 Å². The maximum atomic E-state index is 12.2. The predicted molar refractivity (Wildman–Crippen MR) is 82.6 cm³/mol. The fraction of sp³-hybridized carbons (Fsp3) is 0.412. The van der Waals surface area contributed by atoms with Crippen molar-refractivity contribution < 1.29 is 9.90 Å². The maximum Gasteiger partial charge on any atom is 0.168 e. The number of nitrogens with two attached hydrogens (primary N) is 1. The Labute approximate surface area is 124 Å². The van der Waals surface area contributed by atoms with Crippen LogP contribution in [0.3, 0.4) is 0 Å². The molecule has 3 rings (SSSR count). The van der Waals surface area contributed by atoms with Gasteiger partial charge >= 0.3 is 0 Å². The van der Waals surface area contributed by atoms with E-state index in [9.17, 15) is 9.90 Å². The van der Waals surface area contributed by atoms with Gasteiger partial charge in [-0.3, -0.25) is 9.79 Å². The molecule has 1 atom stereocenters. The van der Waals surface area contributed by atoms with Gasteiger partial charge < -0.3 is 10.8 Å². The average Bonchev–Trinajstić information content (AvgIpc) is 2.45. The largest absolute Gasteiger partial charge is 0.511 e. The molecule has 0 amide bonds. The van der Waals surface area contributed by atoms with Gasteiger partial charge in [0.05, 0.1) is 11.6 Å². The van der Waals surface area contributed by atoms with Gasteiger partial charge in [-0.1, -0.05) is 30.3 Å². The lowest BCUT2D eigenvalue weighted by atomic mass is 9.83. The lowest BCUT2D eigenvalue weighted by Crippen LogP contribution is -2.39. The molecule has 3 N–H and O–H groups in total. The van der Waals surface area contributed by atoms with E-state index in [1.165, 1.54) is 0 Å². The van der Waals surface area contributed by atoms with Crippen LogP contribution in [0.2, 0.25) is 0 Å². The monoisotopic (exact) mass is 284 g/mol. The summed E-state index contributed by atoms with van der Waals surface area (Å²) in [4.78, 5) is 16.6. The normalized spacial score (nSPS) is 29.8. The van der Waals surface area contributed by atoms with Gasteiger partial charge in [-0.05, 0) is 24.3 Å². The van der Waals surface area contributed by atoms with E-state index in [2.05, 4.69) is 4.99 Å². The number of aliphatic imine (C=N–C) groups is 1. The van der Waals surface area contributed by atoms with Crippen molar-refractivity contribution in [3.8, 4) is 0 Å². The third-order valence-electron chi connectivity index (χ3n) is 4.32. The molecular formula is C17H20N2O2. The summed E-state index contributed by atoms with van der Waals surface area (Å²) in [6, 6.07) is 10.3. The Morgan fingerprint density at radius 2 is 1.90 bits per heavy atom. The molecule has 0 aromatic heterocycles. The SMILES string of the molecule is NC1CC(N=CC2=C(O)CC(c3ccccc3)CC2=O)C1. The Morgan fingerprint density at radius 3 is 2.52 bits per heavy atom. The highest BCUT2D eigenvalue weighted by atomic mass is 16.3. The van der Waals surface area contributed by atoms with Crippen LogP contribution in [0.1, 0.15) is 37.2 Å². The van der Waals surface area contributed by atoms with Crippen LogP contribution in [0.15, 0.2) is 46.7 Å². The summed E-state index contributed by atoms with van der Waals surface area (Å²) in [5, 5.41) is 10.2. The molecule has 4 nitrogen and oxygen atoms in total. The van der Waals surface area contributed by atoms with E-state index in [4.69, 9.17) is 5.73 Å². The number of carbonyl (C=O) groups excluding carboxylic acids is 1. The average molecular weight is 284 g/mol. The molecule has 2 aliphatic rings. The number of Topliss-reactive ketones (excluding diaryl/α,β-unsaturated/α-hetero) is 1. The van der Waals surface area contributed by atoms with Gasteiger partial charge in [0.1, 0.15) is 5.76 Å². The van der Waals surface area contributed by atoms with Crippen molar-refractivity contribution in [3.63, 3.8) is 0 Å². The van der Waals surface area contributed by atoms with Crippen LogP contribution in [0.25, 0.3) is 0 Å². The van der Waals surface area contributed by atoms with Crippen LogP contribution in [-0.4, -0.2) is 29.2 Å². The van der Waals surface area contributed by atoms with Crippen molar-refractivity contribution in [3.05, 3.63) is 47.2 Å². The van der Waals surface area contributed by atoms with Gasteiger partial charge in [-0.15, -0.1) is 0 Å². The standard InChI is InChI=1S/C17H20N2O2/c18-13-8-14(9-13)19-10-15-16(20)6-12(7-17(15)21)11-4-2-1-3-5-11/h1-5,10,12-14,20H,6-9,18H2. The zero-order valence-corrected chi connectivity index (χ0v) is 11.9. The fourth-order valence-corrected chi connectivity index (χ4v) is 2.95. The second-order valence-electron chi connectivity index (χ2n) is 5.96. The number of rotatable bonds is 3. The molecule has 1 aromatic rings. The summed E-state index contributed by atoms with van der Waals surface area (Å²) in [5.74, 6) is 0.195. The van der Waals surface area contributed by atoms with Gasteiger partial charge in [0.15, 0.2) is 5.78 Å². The van der Waals surface area contributed by atoms with Gasteiger partial charge in [0.25, 0.3) is 0 Å². The number of hydrogen-bond acceptors (Lipinski definition) is 4. The minimum atomic E-state index is -0.0278. The molecule has 1 aromatic carbocycles. The summed E-state index contributed by atoms with van der Waals surface area (Å²) in [7, 11) is 0. The summed E-state index contributed by atoms with van der Waals surface area (Å²) in [5.41, 5.74) is 7.19. The highest BCUT2D eigenvalue weighted by Gasteiger charge is 2.29. The van der Waals surface area contributed by atoms with Gasteiger partial charge in [0.2, 0.25) is 0 Å². The second kappa shape index (κ2) is 5.82. The molecule has 2 aliphatic carbocycles. The third-order valence-corrected chi connectivity index (χ3v) is 4.32. The molecule has 0 radical (unpaired) electrons. The summed E-state index contributed by atoms with van der Waals surface area (Å²) >= 11 is 0. The molecule has 1 fully saturated rings. The van der Waals surface area contributed by atoms with Crippen molar-refractivity contribution in [2.45, 2.75) is 43.7 Å². The first kappa shape index (κ1) is 14.0. The first-order chi connectivity index (χ1) is 10.1. The third kappa shape index (κ3) is 3.05. The Balaban J connectivity index is 1.72. The molecule has 1 unspecified atom stereocenters. The predicted octanol–water partition coefficient (Wildman–Crippen LogP) is 2.51. The second-order valence-corrected chi connectivity index (χ2v) is 5.96. The van der Waals surface area contributed by atoms with Crippen LogP contribution in [0, 0.1) is 0 Å².